The van der Waals surface area contributed by atoms with Gasteiger partial charge in [0.25, 0.3) is 0 Å². The number of hydrogen-bond acceptors (Lipinski definition) is 2. The van der Waals surface area contributed by atoms with Gasteiger partial charge in [0.15, 0.2) is 0 Å². The fraction of sp³-hybridized carbons (Fsp3) is 0.857. The smallest absolute Gasteiger partial charge is 0.316 e. The van der Waals surface area contributed by atoms with Crippen LogP contribution in [-0.4, -0.2) is 36.6 Å². The number of ether oxygens (including phenoxy) is 1. The molecule has 1 aliphatic rings. The second-order valence-corrected chi connectivity index (χ2v) is 3.23. The number of amides is 1. The molecule has 0 aromatic rings. The van der Waals surface area contributed by atoms with E-state index in [-0.39, 0.29) is 11.5 Å². The van der Waals surface area contributed by atoms with Crippen LogP contribution in [0.25, 0.3) is 0 Å². The van der Waals surface area contributed by atoms with Gasteiger partial charge in [-0.15, -0.1) is 0 Å². The highest BCUT2D eigenvalue weighted by molar-refractivity contribution is 6.62. The molecule has 0 spiro atoms. The third-order valence-corrected chi connectivity index (χ3v) is 2.33. The van der Waals surface area contributed by atoms with Crippen molar-refractivity contribution < 1.29 is 9.53 Å². The molecule has 1 saturated heterocycles. The van der Waals surface area contributed by atoms with Crippen molar-refractivity contribution in [3.63, 3.8) is 0 Å². The van der Waals surface area contributed by atoms with Crippen molar-refractivity contribution in [1.82, 2.24) is 4.90 Å². The topological polar surface area (TPSA) is 29.5 Å². The molecule has 0 aromatic carbocycles. The molecule has 11 heavy (non-hydrogen) atoms. The average Bonchev–Trinajstić information content (AvgIpc) is 2.31. The Morgan fingerprint density at radius 3 is 2.55 bits per heavy atom. The fourth-order valence-electron chi connectivity index (χ4n) is 1.39. The van der Waals surface area contributed by atoms with Crippen LogP contribution in [0.1, 0.15) is 6.92 Å². The Morgan fingerprint density at radius 1 is 1.64 bits per heavy atom. The third kappa shape index (κ3) is 1.84. The highest BCUT2D eigenvalue weighted by atomic mass is 35.5. The summed E-state index contributed by atoms with van der Waals surface area (Å²) in [5, 5.41) is -0.378. The van der Waals surface area contributed by atoms with Gasteiger partial charge >= 0.3 is 5.37 Å². The van der Waals surface area contributed by atoms with E-state index >= 15 is 0 Å². The summed E-state index contributed by atoms with van der Waals surface area (Å²) in [5.41, 5.74) is 0. The molecular formula is C7H12ClNO2. The zero-order chi connectivity index (χ0) is 8.43. The van der Waals surface area contributed by atoms with Crippen molar-refractivity contribution in [2.75, 3.05) is 20.2 Å². The molecule has 0 N–H and O–H groups in total. The van der Waals surface area contributed by atoms with Crippen molar-refractivity contribution in [2.45, 2.75) is 13.0 Å². The van der Waals surface area contributed by atoms with Crippen LogP contribution < -0.4 is 0 Å². The average molecular weight is 178 g/mol. The van der Waals surface area contributed by atoms with Gasteiger partial charge in [0.1, 0.15) is 0 Å². The summed E-state index contributed by atoms with van der Waals surface area (Å²) in [7, 11) is 1.66. The van der Waals surface area contributed by atoms with Crippen LogP contribution in [0.2, 0.25) is 0 Å². The van der Waals surface area contributed by atoms with Crippen molar-refractivity contribution >= 4 is 17.0 Å². The number of carbonyl (C=O) groups excluding carboxylic acids is 1. The van der Waals surface area contributed by atoms with E-state index < -0.39 is 0 Å². The first-order chi connectivity index (χ1) is 5.15. The molecule has 0 bridgehead atoms. The summed E-state index contributed by atoms with van der Waals surface area (Å²) < 4.78 is 5.15. The lowest BCUT2D eigenvalue weighted by Crippen LogP contribution is -2.24. The van der Waals surface area contributed by atoms with Crippen LogP contribution in [0.4, 0.5) is 4.79 Å². The predicted octanol–water partition coefficient (Wildman–Crippen LogP) is 1.31. The van der Waals surface area contributed by atoms with E-state index in [1.54, 1.807) is 12.0 Å². The minimum atomic E-state index is -0.378. The minimum absolute atomic E-state index is 0.151. The molecule has 0 saturated carbocycles. The van der Waals surface area contributed by atoms with E-state index in [4.69, 9.17) is 16.3 Å². The SMILES string of the molecule is COC1CN(C(=O)Cl)CC1C. The molecule has 1 fully saturated rings. The number of methoxy groups -OCH3 is 1. The van der Waals surface area contributed by atoms with Gasteiger partial charge in [0.2, 0.25) is 0 Å². The maximum Gasteiger partial charge on any atom is 0.316 e. The quantitative estimate of drug-likeness (QED) is 0.447. The molecular weight excluding hydrogens is 166 g/mol. The van der Waals surface area contributed by atoms with E-state index in [2.05, 4.69) is 0 Å². The Hall–Kier alpha value is -0.280. The standard InChI is InChI=1S/C7H12ClNO2/c1-5-3-9(7(8)10)4-6(5)11-2/h5-6H,3-4H2,1-2H3. The molecule has 4 heteroatoms. The number of hydrogen-bond donors (Lipinski definition) is 0. The normalized spacial score (nSPS) is 31.0. The van der Waals surface area contributed by atoms with E-state index in [9.17, 15) is 4.79 Å². The highest BCUT2D eigenvalue weighted by Gasteiger charge is 2.31. The lowest BCUT2D eigenvalue weighted by molar-refractivity contribution is 0.0857. The fourth-order valence-corrected chi connectivity index (χ4v) is 1.53. The zero-order valence-corrected chi connectivity index (χ0v) is 7.47. The molecule has 1 aliphatic heterocycles. The first kappa shape index (κ1) is 8.81. The van der Waals surface area contributed by atoms with Crippen LogP contribution in [0, 0.1) is 5.92 Å². The molecule has 1 heterocycles. The molecule has 2 atom stereocenters. The Labute approximate surface area is 71.3 Å². The van der Waals surface area contributed by atoms with Crippen molar-refractivity contribution in [2.24, 2.45) is 5.92 Å². The molecule has 0 aromatic heterocycles. The first-order valence-electron chi connectivity index (χ1n) is 3.62. The van der Waals surface area contributed by atoms with Gasteiger partial charge < -0.3 is 9.64 Å². The molecule has 0 aliphatic carbocycles. The lowest BCUT2D eigenvalue weighted by Gasteiger charge is -2.10. The second-order valence-electron chi connectivity index (χ2n) is 2.91. The maximum absolute atomic E-state index is 10.7. The highest BCUT2D eigenvalue weighted by Crippen LogP contribution is 2.19. The Kier molecular flexibility index (Phi) is 2.73. The summed E-state index contributed by atoms with van der Waals surface area (Å²) in [5.74, 6) is 0.391. The van der Waals surface area contributed by atoms with E-state index in [0.717, 1.165) is 0 Å². The summed E-state index contributed by atoms with van der Waals surface area (Å²) >= 11 is 5.30. The maximum atomic E-state index is 10.7. The van der Waals surface area contributed by atoms with Gasteiger partial charge in [-0.3, -0.25) is 4.79 Å². The number of rotatable bonds is 1. The van der Waals surface area contributed by atoms with E-state index in [1.807, 2.05) is 6.92 Å². The third-order valence-electron chi connectivity index (χ3n) is 2.09. The van der Waals surface area contributed by atoms with Gasteiger partial charge in [-0.05, 0) is 11.6 Å². The van der Waals surface area contributed by atoms with Gasteiger partial charge in [-0.25, -0.2) is 0 Å². The van der Waals surface area contributed by atoms with Crippen LogP contribution >= 0.6 is 11.6 Å². The number of carbonyl (C=O) groups is 1. The monoisotopic (exact) mass is 177 g/mol. The van der Waals surface area contributed by atoms with Crippen molar-refractivity contribution in [3.8, 4) is 0 Å². The number of likely N-dealkylation sites (tertiary alicyclic amines) is 1. The summed E-state index contributed by atoms with van der Waals surface area (Å²) in [6, 6.07) is 0. The van der Waals surface area contributed by atoms with Crippen LogP contribution in [0.5, 0.6) is 0 Å². The minimum Gasteiger partial charge on any atom is -0.379 e. The van der Waals surface area contributed by atoms with Crippen molar-refractivity contribution in [3.05, 3.63) is 0 Å². The lowest BCUT2D eigenvalue weighted by atomic mass is 10.1. The van der Waals surface area contributed by atoms with Gasteiger partial charge in [-0.2, -0.15) is 0 Å². The predicted molar refractivity (Wildman–Crippen MR) is 42.8 cm³/mol. The van der Waals surface area contributed by atoms with Crippen LogP contribution in [0.15, 0.2) is 0 Å². The van der Waals surface area contributed by atoms with E-state index in [0.29, 0.717) is 19.0 Å². The van der Waals surface area contributed by atoms with Gasteiger partial charge in [0, 0.05) is 26.1 Å². The van der Waals surface area contributed by atoms with Gasteiger partial charge in [-0.1, -0.05) is 6.92 Å². The van der Waals surface area contributed by atoms with Crippen LogP contribution in [0.3, 0.4) is 0 Å². The zero-order valence-electron chi connectivity index (χ0n) is 6.71. The number of nitrogens with zero attached hydrogens (tertiary/aromatic N) is 1. The molecule has 3 nitrogen and oxygen atoms in total. The molecule has 1 rings (SSSR count). The molecule has 64 valence electrons. The molecule has 0 radical (unpaired) electrons. The summed E-state index contributed by atoms with van der Waals surface area (Å²) in [6.45, 7) is 3.38. The first-order valence-corrected chi connectivity index (χ1v) is 4.00. The molecule has 1 amide bonds. The number of halogens is 1. The largest absolute Gasteiger partial charge is 0.379 e. The van der Waals surface area contributed by atoms with E-state index in [1.165, 1.54) is 0 Å². The second kappa shape index (κ2) is 3.41. The van der Waals surface area contributed by atoms with Gasteiger partial charge in [0.05, 0.1) is 6.10 Å². The summed E-state index contributed by atoms with van der Waals surface area (Å²) in [6.07, 6.45) is 0.151. The van der Waals surface area contributed by atoms with Crippen LogP contribution in [-0.2, 0) is 4.74 Å². The summed E-state index contributed by atoms with van der Waals surface area (Å²) in [4.78, 5) is 12.3. The Morgan fingerprint density at radius 2 is 2.27 bits per heavy atom. The Balaban J connectivity index is 2.49. The molecule has 2 unspecified atom stereocenters. The Bertz CT molecular complexity index is 163. The van der Waals surface area contributed by atoms with Crippen molar-refractivity contribution in [1.29, 1.82) is 0 Å².